The second kappa shape index (κ2) is 5.11. The Bertz CT molecular complexity index is 515. The summed E-state index contributed by atoms with van der Waals surface area (Å²) in [5, 5.41) is 0. The predicted octanol–water partition coefficient (Wildman–Crippen LogP) is 1.19. The van der Waals surface area contributed by atoms with Crippen LogP contribution in [0, 0.1) is 11.8 Å². The van der Waals surface area contributed by atoms with Crippen molar-refractivity contribution in [2.45, 2.75) is 37.5 Å². The SMILES string of the molecule is N[C@@H](Cc1ccccc1)C(=O)N1CC2C3CCC(O3)C2C1. The predicted molar refractivity (Wildman–Crippen MR) is 79.6 cm³/mol. The van der Waals surface area contributed by atoms with Crippen molar-refractivity contribution in [1.82, 2.24) is 4.90 Å². The van der Waals surface area contributed by atoms with E-state index in [1.807, 2.05) is 35.2 Å². The van der Waals surface area contributed by atoms with Gasteiger partial charge in [0, 0.05) is 24.9 Å². The van der Waals surface area contributed by atoms with Crippen LogP contribution in [0.3, 0.4) is 0 Å². The first-order valence-electron chi connectivity index (χ1n) is 7.96. The van der Waals surface area contributed by atoms with E-state index in [1.165, 1.54) is 12.8 Å². The van der Waals surface area contributed by atoms with E-state index in [0.29, 0.717) is 30.5 Å². The number of benzene rings is 1. The fraction of sp³-hybridized carbons (Fsp3) is 0.588. The topological polar surface area (TPSA) is 55.6 Å². The largest absolute Gasteiger partial charge is 0.374 e. The zero-order chi connectivity index (χ0) is 14.4. The van der Waals surface area contributed by atoms with Gasteiger partial charge in [-0.1, -0.05) is 30.3 Å². The lowest BCUT2D eigenvalue weighted by Gasteiger charge is -2.22. The normalized spacial score (nSPS) is 35.0. The number of likely N-dealkylation sites (tertiary alicyclic amines) is 1. The van der Waals surface area contributed by atoms with E-state index >= 15 is 0 Å². The van der Waals surface area contributed by atoms with Crippen molar-refractivity contribution < 1.29 is 9.53 Å². The Balaban J connectivity index is 1.40. The van der Waals surface area contributed by atoms with E-state index in [-0.39, 0.29) is 5.91 Å². The van der Waals surface area contributed by atoms with E-state index in [0.717, 1.165) is 18.7 Å². The van der Waals surface area contributed by atoms with Crippen LogP contribution >= 0.6 is 0 Å². The fourth-order valence-electron chi connectivity index (χ4n) is 4.33. The first-order chi connectivity index (χ1) is 10.2. The van der Waals surface area contributed by atoms with Gasteiger partial charge in [0.15, 0.2) is 0 Å². The van der Waals surface area contributed by atoms with Crippen molar-refractivity contribution in [3.05, 3.63) is 35.9 Å². The van der Waals surface area contributed by atoms with Crippen molar-refractivity contribution >= 4 is 5.91 Å². The summed E-state index contributed by atoms with van der Waals surface area (Å²) >= 11 is 0. The van der Waals surface area contributed by atoms with E-state index in [4.69, 9.17) is 10.5 Å². The first-order valence-corrected chi connectivity index (χ1v) is 7.96. The van der Waals surface area contributed by atoms with Crippen LogP contribution in [0.15, 0.2) is 30.3 Å². The lowest BCUT2D eigenvalue weighted by molar-refractivity contribution is -0.132. The van der Waals surface area contributed by atoms with Gasteiger partial charge in [0.05, 0.1) is 18.2 Å². The Hall–Kier alpha value is -1.39. The van der Waals surface area contributed by atoms with Gasteiger partial charge in [-0.3, -0.25) is 4.79 Å². The van der Waals surface area contributed by atoms with Crippen LogP contribution in [-0.2, 0) is 16.0 Å². The minimum atomic E-state index is -0.426. The summed E-state index contributed by atoms with van der Waals surface area (Å²) in [5.41, 5.74) is 7.27. The minimum Gasteiger partial charge on any atom is -0.374 e. The molecule has 0 radical (unpaired) electrons. The molecule has 0 saturated carbocycles. The molecule has 3 heterocycles. The van der Waals surface area contributed by atoms with Crippen molar-refractivity contribution in [3.63, 3.8) is 0 Å². The molecule has 2 N–H and O–H groups in total. The standard InChI is InChI=1S/C17H22N2O2/c18-14(8-11-4-2-1-3-5-11)17(20)19-9-12-13(10-19)16-7-6-15(12)21-16/h1-5,12-16H,6-10,18H2/t12?,13?,14-,15?,16?/m0/s1. The second-order valence-electron chi connectivity index (χ2n) is 6.66. The van der Waals surface area contributed by atoms with Crippen LogP contribution in [-0.4, -0.2) is 42.1 Å². The summed E-state index contributed by atoms with van der Waals surface area (Å²) in [7, 11) is 0. The molecule has 2 bridgehead atoms. The lowest BCUT2D eigenvalue weighted by Crippen LogP contribution is -2.44. The van der Waals surface area contributed by atoms with Gasteiger partial charge in [-0.15, -0.1) is 0 Å². The number of nitrogens with two attached hydrogens (primary N) is 1. The third-order valence-electron chi connectivity index (χ3n) is 5.38. The lowest BCUT2D eigenvalue weighted by atomic mass is 9.82. The molecule has 4 unspecified atom stereocenters. The molecule has 1 aromatic rings. The Kier molecular flexibility index (Phi) is 3.23. The molecule has 112 valence electrons. The van der Waals surface area contributed by atoms with Crippen LogP contribution in [0.4, 0.5) is 0 Å². The molecule has 3 aliphatic heterocycles. The Morgan fingerprint density at radius 3 is 2.43 bits per heavy atom. The van der Waals surface area contributed by atoms with Gasteiger partial charge >= 0.3 is 0 Å². The highest BCUT2D eigenvalue weighted by Gasteiger charge is 2.53. The number of rotatable bonds is 3. The van der Waals surface area contributed by atoms with Crippen LogP contribution in [0.5, 0.6) is 0 Å². The maximum absolute atomic E-state index is 12.6. The summed E-state index contributed by atoms with van der Waals surface area (Å²) in [6.07, 6.45) is 3.74. The third-order valence-corrected chi connectivity index (χ3v) is 5.38. The average molecular weight is 286 g/mol. The molecule has 5 atom stereocenters. The summed E-state index contributed by atoms with van der Waals surface area (Å²) in [5.74, 6) is 1.21. The van der Waals surface area contributed by atoms with Crippen LogP contribution in [0.2, 0.25) is 0 Å². The summed E-state index contributed by atoms with van der Waals surface area (Å²) in [6.45, 7) is 1.68. The summed E-state index contributed by atoms with van der Waals surface area (Å²) in [6, 6.07) is 9.59. The molecule has 3 aliphatic rings. The Morgan fingerprint density at radius 1 is 1.19 bits per heavy atom. The van der Waals surface area contributed by atoms with Gasteiger partial charge < -0.3 is 15.4 Å². The molecule has 3 fully saturated rings. The zero-order valence-corrected chi connectivity index (χ0v) is 12.2. The van der Waals surface area contributed by atoms with Crippen molar-refractivity contribution in [2.24, 2.45) is 17.6 Å². The summed E-state index contributed by atoms with van der Waals surface area (Å²) in [4.78, 5) is 14.6. The number of amides is 1. The Labute approximate surface area is 125 Å². The van der Waals surface area contributed by atoms with Gasteiger partial charge in [0.25, 0.3) is 0 Å². The molecular formula is C17H22N2O2. The maximum atomic E-state index is 12.6. The van der Waals surface area contributed by atoms with Crippen molar-refractivity contribution in [2.75, 3.05) is 13.1 Å². The molecular weight excluding hydrogens is 264 g/mol. The molecule has 4 rings (SSSR count). The van der Waals surface area contributed by atoms with Crippen LogP contribution < -0.4 is 5.73 Å². The molecule has 0 aliphatic carbocycles. The molecule has 4 nitrogen and oxygen atoms in total. The van der Waals surface area contributed by atoms with Crippen LogP contribution in [0.1, 0.15) is 18.4 Å². The molecule has 4 heteroatoms. The van der Waals surface area contributed by atoms with Crippen LogP contribution in [0.25, 0.3) is 0 Å². The summed E-state index contributed by atoms with van der Waals surface area (Å²) < 4.78 is 5.95. The van der Waals surface area contributed by atoms with E-state index < -0.39 is 6.04 Å². The number of carbonyl (C=O) groups excluding carboxylic acids is 1. The van der Waals surface area contributed by atoms with Gasteiger partial charge in [-0.2, -0.15) is 0 Å². The molecule has 0 aromatic heterocycles. The van der Waals surface area contributed by atoms with E-state index in [1.54, 1.807) is 0 Å². The van der Waals surface area contributed by atoms with Gasteiger partial charge in [0.1, 0.15) is 0 Å². The number of fused-ring (bicyclic) bond motifs is 5. The first kappa shape index (κ1) is 13.3. The van der Waals surface area contributed by atoms with Gasteiger partial charge in [-0.05, 0) is 24.8 Å². The quantitative estimate of drug-likeness (QED) is 0.908. The molecule has 3 saturated heterocycles. The minimum absolute atomic E-state index is 0.104. The van der Waals surface area contributed by atoms with Gasteiger partial charge in [0.2, 0.25) is 5.91 Å². The highest BCUT2D eigenvalue weighted by Crippen LogP contribution is 2.47. The smallest absolute Gasteiger partial charge is 0.239 e. The Morgan fingerprint density at radius 2 is 1.81 bits per heavy atom. The number of hydrogen-bond acceptors (Lipinski definition) is 3. The molecule has 1 amide bonds. The average Bonchev–Trinajstić information content (AvgIpc) is 3.20. The van der Waals surface area contributed by atoms with Crippen molar-refractivity contribution in [3.8, 4) is 0 Å². The fourth-order valence-corrected chi connectivity index (χ4v) is 4.33. The van der Waals surface area contributed by atoms with E-state index in [9.17, 15) is 4.79 Å². The number of hydrogen-bond donors (Lipinski definition) is 1. The third kappa shape index (κ3) is 2.27. The second-order valence-corrected chi connectivity index (χ2v) is 6.66. The van der Waals surface area contributed by atoms with Crippen molar-refractivity contribution in [1.29, 1.82) is 0 Å². The highest BCUT2D eigenvalue weighted by atomic mass is 16.5. The zero-order valence-electron chi connectivity index (χ0n) is 12.2. The molecule has 1 aromatic carbocycles. The monoisotopic (exact) mass is 286 g/mol. The number of ether oxygens (including phenoxy) is 1. The van der Waals surface area contributed by atoms with E-state index in [2.05, 4.69) is 0 Å². The highest BCUT2D eigenvalue weighted by molar-refractivity contribution is 5.82. The molecule has 0 spiro atoms. The number of carbonyl (C=O) groups is 1. The van der Waals surface area contributed by atoms with Gasteiger partial charge in [-0.25, -0.2) is 0 Å². The number of nitrogens with zero attached hydrogens (tertiary/aromatic N) is 1. The maximum Gasteiger partial charge on any atom is 0.239 e. The molecule has 21 heavy (non-hydrogen) atoms.